The van der Waals surface area contributed by atoms with Gasteiger partial charge in [0.05, 0.1) is 30.2 Å². The van der Waals surface area contributed by atoms with Gasteiger partial charge < -0.3 is 4.74 Å². The van der Waals surface area contributed by atoms with Crippen LogP contribution in [0, 0.1) is 12.7 Å². The molecular weight excluding hydrogens is 285 g/mol. The molecule has 22 heavy (non-hydrogen) atoms. The van der Waals surface area contributed by atoms with Crippen molar-refractivity contribution < 1.29 is 13.9 Å². The van der Waals surface area contributed by atoms with Gasteiger partial charge in [0.25, 0.3) is 0 Å². The van der Waals surface area contributed by atoms with Crippen molar-refractivity contribution in [1.82, 2.24) is 15.1 Å². The molecular formula is C16H18FN3O2. The summed E-state index contributed by atoms with van der Waals surface area (Å²) >= 11 is 0. The number of aromatic nitrogens is 2. The molecule has 0 unspecified atom stereocenters. The highest BCUT2D eigenvalue weighted by atomic mass is 19.1. The molecule has 1 fully saturated rings. The smallest absolute Gasteiger partial charge is 0.154 e. The molecule has 0 bridgehead atoms. The quantitative estimate of drug-likeness (QED) is 0.880. The Bertz CT molecular complexity index is 678. The Hall–Kier alpha value is -2.05. The van der Waals surface area contributed by atoms with Crippen LogP contribution in [0.3, 0.4) is 0 Å². The number of morpholine rings is 1. The van der Waals surface area contributed by atoms with Crippen LogP contribution in [-0.4, -0.2) is 47.7 Å². The van der Waals surface area contributed by atoms with Crippen LogP contribution in [-0.2, 0) is 11.3 Å². The number of carbonyl (C=O) groups is 1. The van der Waals surface area contributed by atoms with Gasteiger partial charge in [0.2, 0.25) is 0 Å². The normalized spacial score (nSPS) is 15.9. The third-order valence-electron chi connectivity index (χ3n) is 3.96. The van der Waals surface area contributed by atoms with E-state index >= 15 is 0 Å². The van der Waals surface area contributed by atoms with Crippen molar-refractivity contribution in [1.29, 1.82) is 0 Å². The van der Waals surface area contributed by atoms with Gasteiger partial charge in [-0.25, -0.2) is 4.39 Å². The lowest BCUT2D eigenvalue weighted by Crippen LogP contribution is -2.35. The zero-order valence-electron chi connectivity index (χ0n) is 12.4. The van der Waals surface area contributed by atoms with Crippen LogP contribution < -0.4 is 0 Å². The van der Waals surface area contributed by atoms with Crippen molar-refractivity contribution >= 4 is 6.29 Å². The van der Waals surface area contributed by atoms with Crippen molar-refractivity contribution in [2.24, 2.45) is 0 Å². The summed E-state index contributed by atoms with van der Waals surface area (Å²) in [5.41, 5.74) is 2.71. The van der Waals surface area contributed by atoms with E-state index in [0.29, 0.717) is 42.3 Å². The number of carbonyl (C=O) groups excluding carboxylic acids is 1. The summed E-state index contributed by atoms with van der Waals surface area (Å²) in [6, 6.07) is 4.99. The van der Waals surface area contributed by atoms with Crippen LogP contribution in [0.1, 0.15) is 21.6 Å². The largest absolute Gasteiger partial charge is 0.379 e. The fourth-order valence-electron chi connectivity index (χ4n) is 2.76. The summed E-state index contributed by atoms with van der Waals surface area (Å²) in [6.07, 6.45) is 0.721. The maximum Gasteiger partial charge on any atom is 0.154 e. The minimum absolute atomic E-state index is 0.350. The van der Waals surface area contributed by atoms with Gasteiger partial charge in [-0.05, 0) is 18.6 Å². The molecule has 116 valence electrons. The molecule has 1 aliphatic rings. The molecule has 5 nitrogen and oxygen atoms in total. The first-order valence-corrected chi connectivity index (χ1v) is 7.28. The second-order valence-corrected chi connectivity index (χ2v) is 5.38. The van der Waals surface area contributed by atoms with Crippen LogP contribution >= 0.6 is 0 Å². The summed E-state index contributed by atoms with van der Waals surface area (Å²) in [6.45, 7) is 5.36. The zero-order chi connectivity index (χ0) is 15.5. The molecule has 1 aliphatic heterocycles. The third-order valence-corrected chi connectivity index (χ3v) is 3.96. The molecule has 0 saturated carbocycles. The highest BCUT2D eigenvalue weighted by molar-refractivity contribution is 5.88. The van der Waals surface area contributed by atoms with Gasteiger partial charge in [-0.1, -0.05) is 12.1 Å². The van der Waals surface area contributed by atoms with E-state index in [1.54, 1.807) is 13.0 Å². The van der Waals surface area contributed by atoms with E-state index in [4.69, 9.17) is 4.74 Å². The van der Waals surface area contributed by atoms with Gasteiger partial charge in [0.15, 0.2) is 6.29 Å². The number of H-pyrrole nitrogens is 1. The van der Waals surface area contributed by atoms with Gasteiger partial charge in [-0.15, -0.1) is 0 Å². The molecule has 1 aromatic heterocycles. The SMILES string of the molecule is Cc1n[nH]c(-c2c(F)cccc2CN2CCOCC2)c1C=O. The number of hydrogen-bond donors (Lipinski definition) is 1. The second-order valence-electron chi connectivity index (χ2n) is 5.38. The number of rotatable bonds is 4. The lowest BCUT2D eigenvalue weighted by Gasteiger charge is -2.27. The molecule has 6 heteroatoms. The van der Waals surface area contributed by atoms with Crippen LogP contribution in [0.2, 0.25) is 0 Å². The van der Waals surface area contributed by atoms with E-state index in [2.05, 4.69) is 15.1 Å². The predicted octanol–water partition coefficient (Wildman–Crippen LogP) is 2.17. The monoisotopic (exact) mass is 303 g/mol. The highest BCUT2D eigenvalue weighted by Gasteiger charge is 2.20. The Morgan fingerprint density at radius 1 is 1.41 bits per heavy atom. The third kappa shape index (κ3) is 2.80. The molecule has 1 saturated heterocycles. The number of halogens is 1. The first-order chi connectivity index (χ1) is 10.7. The Labute approximate surface area is 128 Å². The fraction of sp³-hybridized carbons (Fsp3) is 0.375. The predicted molar refractivity (Wildman–Crippen MR) is 80.2 cm³/mol. The second kappa shape index (κ2) is 6.37. The summed E-state index contributed by atoms with van der Waals surface area (Å²) in [4.78, 5) is 13.5. The summed E-state index contributed by atoms with van der Waals surface area (Å²) in [5.74, 6) is -0.350. The summed E-state index contributed by atoms with van der Waals surface area (Å²) < 4.78 is 19.7. The first kappa shape index (κ1) is 14.9. The molecule has 1 N–H and O–H groups in total. The van der Waals surface area contributed by atoms with Crippen molar-refractivity contribution in [3.8, 4) is 11.3 Å². The number of nitrogens with one attached hydrogen (secondary N) is 1. The standard InChI is InChI=1S/C16H18FN3O2/c1-11-13(10-21)16(19-18-11)15-12(3-2-4-14(15)17)9-20-5-7-22-8-6-20/h2-4,10H,5-9H2,1H3,(H,18,19). The Morgan fingerprint density at radius 3 is 2.91 bits per heavy atom. The van der Waals surface area contributed by atoms with Crippen LogP contribution in [0.5, 0.6) is 0 Å². The van der Waals surface area contributed by atoms with E-state index in [0.717, 1.165) is 24.9 Å². The van der Waals surface area contributed by atoms with Gasteiger partial charge >= 0.3 is 0 Å². The molecule has 2 heterocycles. The number of hydrogen-bond acceptors (Lipinski definition) is 4. The lowest BCUT2D eigenvalue weighted by molar-refractivity contribution is 0.0342. The Kier molecular flexibility index (Phi) is 4.31. The van der Waals surface area contributed by atoms with Crippen molar-refractivity contribution in [3.05, 3.63) is 40.8 Å². The van der Waals surface area contributed by atoms with Crippen molar-refractivity contribution in [2.75, 3.05) is 26.3 Å². The van der Waals surface area contributed by atoms with Crippen LogP contribution in [0.15, 0.2) is 18.2 Å². The van der Waals surface area contributed by atoms with Gasteiger partial charge in [-0.2, -0.15) is 5.10 Å². The van der Waals surface area contributed by atoms with Gasteiger partial charge in [-0.3, -0.25) is 14.8 Å². The van der Waals surface area contributed by atoms with Crippen LogP contribution in [0.25, 0.3) is 11.3 Å². The number of ether oxygens (including phenoxy) is 1. The zero-order valence-corrected chi connectivity index (χ0v) is 12.4. The molecule has 0 spiro atoms. The number of nitrogens with zero attached hydrogens (tertiary/aromatic N) is 2. The average Bonchev–Trinajstić information content (AvgIpc) is 2.89. The van der Waals surface area contributed by atoms with E-state index in [-0.39, 0.29) is 5.82 Å². The fourth-order valence-corrected chi connectivity index (χ4v) is 2.76. The minimum Gasteiger partial charge on any atom is -0.379 e. The van der Waals surface area contributed by atoms with E-state index in [1.165, 1.54) is 6.07 Å². The minimum atomic E-state index is -0.350. The molecule has 0 aliphatic carbocycles. The van der Waals surface area contributed by atoms with E-state index < -0.39 is 0 Å². The maximum atomic E-state index is 14.4. The average molecular weight is 303 g/mol. The highest BCUT2D eigenvalue weighted by Crippen LogP contribution is 2.29. The Balaban J connectivity index is 2.00. The molecule has 2 aromatic rings. The van der Waals surface area contributed by atoms with E-state index in [9.17, 15) is 9.18 Å². The van der Waals surface area contributed by atoms with Crippen molar-refractivity contribution in [3.63, 3.8) is 0 Å². The number of benzene rings is 1. The van der Waals surface area contributed by atoms with Crippen molar-refractivity contribution in [2.45, 2.75) is 13.5 Å². The molecule has 0 amide bonds. The summed E-state index contributed by atoms with van der Waals surface area (Å²) in [5, 5.41) is 6.83. The topological polar surface area (TPSA) is 58.2 Å². The first-order valence-electron chi connectivity index (χ1n) is 7.28. The van der Waals surface area contributed by atoms with Gasteiger partial charge in [0, 0.05) is 25.2 Å². The maximum absolute atomic E-state index is 14.4. The Morgan fingerprint density at radius 2 is 2.18 bits per heavy atom. The van der Waals surface area contributed by atoms with E-state index in [1.807, 2.05) is 6.07 Å². The molecule has 0 atom stereocenters. The van der Waals surface area contributed by atoms with Crippen LogP contribution in [0.4, 0.5) is 4.39 Å². The summed E-state index contributed by atoms with van der Waals surface area (Å²) in [7, 11) is 0. The lowest BCUT2D eigenvalue weighted by atomic mass is 10.00. The molecule has 0 radical (unpaired) electrons. The molecule has 1 aromatic carbocycles. The van der Waals surface area contributed by atoms with Gasteiger partial charge in [0.1, 0.15) is 5.82 Å². The number of aldehydes is 1. The number of aromatic amines is 1. The number of aryl methyl sites for hydroxylation is 1. The molecule has 3 rings (SSSR count).